The summed E-state index contributed by atoms with van der Waals surface area (Å²) >= 11 is 5.95. The average Bonchev–Trinajstić information content (AvgIpc) is 2.77. The minimum Gasteiger partial charge on any atom is -0.493 e. The number of hydrogen-bond donors (Lipinski definition) is 2. The molecule has 0 aliphatic carbocycles. The fraction of sp³-hybridized carbons (Fsp3) is 0.208. The Labute approximate surface area is 192 Å². The predicted octanol–water partition coefficient (Wildman–Crippen LogP) is 6.12. The van der Waals surface area contributed by atoms with Gasteiger partial charge in [-0.3, -0.25) is 4.79 Å². The molecule has 0 radical (unpaired) electrons. The van der Waals surface area contributed by atoms with E-state index in [1.807, 2.05) is 0 Å². The molecule has 1 atom stereocenters. The van der Waals surface area contributed by atoms with Crippen molar-refractivity contribution in [3.8, 4) is 5.75 Å². The lowest BCUT2D eigenvalue weighted by atomic mass is 9.83. The van der Waals surface area contributed by atoms with Gasteiger partial charge in [-0.05, 0) is 47.9 Å². The standard InChI is InChI=1S/C24H19ClF4N2O2/c25-21-11-19(23(32)31-15-3-1-2-13(8-15)12-30)18(10-20(21)24(27,28)29)16-6-7-33-22-9-14(26)4-5-17(16)22/h1-5,8-11,16H,6-7,12,30H2,(H,31,32). The van der Waals surface area contributed by atoms with Crippen molar-refractivity contribution in [3.63, 3.8) is 0 Å². The molecule has 1 aliphatic heterocycles. The largest absolute Gasteiger partial charge is 0.493 e. The van der Waals surface area contributed by atoms with E-state index >= 15 is 0 Å². The summed E-state index contributed by atoms with van der Waals surface area (Å²) in [5.74, 6) is -1.54. The van der Waals surface area contributed by atoms with Crippen molar-refractivity contribution in [1.82, 2.24) is 0 Å². The Morgan fingerprint density at radius 3 is 2.64 bits per heavy atom. The van der Waals surface area contributed by atoms with Crippen LogP contribution >= 0.6 is 11.6 Å². The number of amides is 1. The average molecular weight is 479 g/mol. The summed E-state index contributed by atoms with van der Waals surface area (Å²) < 4.78 is 60.1. The van der Waals surface area contributed by atoms with Crippen molar-refractivity contribution in [2.24, 2.45) is 5.73 Å². The van der Waals surface area contributed by atoms with Crippen molar-refractivity contribution in [2.45, 2.75) is 25.1 Å². The Bertz CT molecular complexity index is 1210. The molecule has 0 spiro atoms. The van der Waals surface area contributed by atoms with Gasteiger partial charge in [0, 0.05) is 35.3 Å². The van der Waals surface area contributed by atoms with Gasteiger partial charge in [0.15, 0.2) is 0 Å². The maximum absolute atomic E-state index is 13.7. The minimum atomic E-state index is -4.72. The maximum Gasteiger partial charge on any atom is 0.417 e. The third-order valence-corrected chi connectivity index (χ3v) is 5.81. The molecule has 33 heavy (non-hydrogen) atoms. The van der Waals surface area contributed by atoms with Gasteiger partial charge in [-0.15, -0.1) is 0 Å². The molecule has 0 saturated carbocycles. The first-order chi connectivity index (χ1) is 15.7. The molecule has 3 aromatic carbocycles. The van der Waals surface area contributed by atoms with Crippen molar-refractivity contribution in [1.29, 1.82) is 0 Å². The van der Waals surface area contributed by atoms with Crippen LogP contribution in [0.5, 0.6) is 5.75 Å². The molecule has 4 rings (SSSR count). The van der Waals surface area contributed by atoms with Gasteiger partial charge in [0.05, 0.1) is 17.2 Å². The predicted molar refractivity (Wildman–Crippen MR) is 117 cm³/mol. The summed E-state index contributed by atoms with van der Waals surface area (Å²) in [6.45, 7) is 0.418. The number of anilines is 1. The molecule has 1 aliphatic rings. The van der Waals surface area contributed by atoms with Crippen molar-refractivity contribution < 1.29 is 27.1 Å². The van der Waals surface area contributed by atoms with E-state index in [1.165, 1.54) is 18.2 Å². The van der Waals surface area contributed by atoms with Crippen LogP contribution in [0.1, 0.15) is 45.0 Å². The second kappa shape index (κ2) is 9.03. The molecule has 1 heterocycles. The van der Waals surface area contributed by atoms with Crippen LogP contribution in [0.15, 0.2) is 54.6 Å². The van der Waals surface area contributed by atoms with Crippen molar-refractivity contribution >= 4 is 23.2 Å². The first-order valence-corrected chi connectivity index (χ1v) is 10.5. The number of alkyl halides is 3. The zero-order valence-corrected chi connectivity index (χ0v) is 17.9. The lowest BCUT2D eigenvalue weighted by molar-refractivity contribution is -0.137. The van der Waals surface area contributed by atoms with Gasteiger partial charge >= 0.3 is 6.18 Å². The number of ether oxygens (including phenoxy) is 1. The number of rotatable bonds is 4. The number of benzene rings is 3. The van der Waals surface area contributed by atoms with E-state index in [0.29, 0.717) is 17.7 Å². The lowest BCUT2D eigenvalue weighted by Gasteiger charge is -2.28. The SMILES string of the molecule is NCc1cccc(NC(=O)c2cc(Cl)c(C(F)(F)F)cc2C2CCOc3cc(F)ccc32)c1. The highest BCUT2D eigenvalue weighted by molar-refractivity contribution is 6.32. The number of fused-ring (bicyclic) bond motifs is 1. The third kappa shape index (κ3) is 4.82. The first-order valence-electron chi connectivity index (χ1n) is 10.1. The number of carbonyl (C=O) groups is 1. The van der Waals surface area contributed by atoms with E-state index < -0.39 is 34.4 Å². The van der Waals surface area contributed by atoms with Gasteiger partial charge in [-0.2, -0.15) is 13.2 Å². The van der Waals surface area contributed by atoms with Gasteiger partial charge in [0.2, 0.25) is 0 Å². The fourth-order valence-corrected chi connectivity index (χ4v) is 4.22. The van der Waals surface area contributed by atoms with Gasteiger partial charge in [0.1, 0.15) is 11.6 Å². The highest BCUT2D eigenvalue weighted by atomic mass is 35.5. The lowest BCUT2D eigenvalue weighted by Crippen LogP contribution is -2.22. The number of nitrogens with two attached hydrogens (primary N) is 1. The number of halogens is 5. The Hall–Kier alpha value is -3.10. The van der Waals surface area contributed by atoms with Gasteiger partial charge < -0.3 is 15.8 Å². The zero-order valence-electron chi connectivity index (χ0n) is 17.2. The second-order valence-corrected chi connectivity index (χ2v) is 8.05. The summed E-state index contributed by atoms with van der Waals surface area (Å²) in [6, 6.07) is 12.6. The van der Waals surface area contributed by atoms with Gasteiger partial charge in [0.25, 0.3) is 5.91 Å². The molecular formula is C24H19ClF4N2O2. The van der Waals surface area contributed by atoms with Crippen LogP contribution in [0.25, 0.3) is 0 Å². The van der Waals surface area contributed by atoms with Crippen LogP contribution in [-0.4, -0.2) is 12.5 Å². The molecule has 0 aromatic heterocycles. The molecule has 1 amide bonds. The first kappa shape index (κ1) is 23.1. The van der Waals surface area contributed by atoms with E-state index in [-0.39, 0.29) is 30.0 Å². The minimum absolute atomic E-state index is 0.00618. The summed E-state index contributed by atoms with van der Waals surface area (Å²) in [6.07, 6.45) is -4.41. The van der Waals surface area contributed by atoms with Crippen LogP contribution in [0.2, 0.25) is 5.02 Å². The molecule has 0 saturated heterocycles. The quantitative estimate of drug-likeness (QED) is 0.444. The Kier molecular flexibility index (Phi) is 6.32. The fourth-order valence-electron chi connectivity index (χ4n) is 3.95. The summed E-state index contributed by atoms with van der Waals surface area (Å²) in [5, 5.41) is 2.12. The molecule has 3 aromatic rings. The molecule has 172 valence electrons. The Morgan fingerprint density at radius 2 is 1.91 bits per heavy atom. The molecular weight excluding hydrogens is 460 g/mol. The summed E-state index contributed by atoms with van der Waals surface area (Å²) in [4.78, 5) is 13.2. The van der Waals surface area contributed by atoms with Crippen molar-refractivity contribution in [2.75, 3.05) is 11.9 Å². The van der Waals surface area contributed by atoms with Crippen LogP contribution in [-0.2, 0) is 12.7 Å². The highest BCUT2D eigenvalue weighted by Crippen LogP contribution is 2.44. The third-order valence-electron chi connectivity index (χ3n) is 5.50. The number of nitrogens with one attached hydrogen (secondary N) is 1. The molecule has 0 bridgehead atoms. The van der Waals surface area contributed by atoms with E-state index in [2.05, 4.69) is 5.32 Å². The summed E-state index contributed by atoms with van der Waals surface area (Å²) in [5.41, 5.74) is 6.44. The van der Waals surface area contributed by atoms with Gasteiger partial charge in [-0.25, -0.2) is 4.39 Å². The Morgan fingerprint density at radius 1 is 1.12 bits per heavy atom. The molecule has 4 nitrogen and oxygen atoms in total. The smallest absolute Gasteiger partial charge is 0.417 e. The zero-order chi connectivity index (χ0) is 23.8. The van der Waals surface area contributed by atoms with E-state index in [1.54, 1.807) is 24.3 Å². The topological polar surface area (TPSA) is 64.3 Å². The van der Waals surface area contributed by atoms with Crippen molar-refractivity contribution in [3.05, 3.63) is 93.3 Å². The maximum atomic E-state index is 13.7. The van der Waals surface area contributed by atoms with Gasteiger partial charge in [-0.1, -0.05) is 29.8 Å². The van der Waals surface area contributed by atoms with E-state index in [9.17, 15) is 22.4 Å². The van der Waals surface area contributed by atoms with Crippen LogP contribution in [0.3, 0.4) is 0 Å². The number of hydrogen-bond acceptors (Lipinski definition) is 3. The summed E-state index contributed by atoms with van der Waals surface area (Å²) in [7, 11) is 0. The van der Waals surface area contributed by atoms with Crippen LogP contribution < -0.4 is 15.8 Å². The van der Waals surface area contributed by atoms with Crippen LogP contribution in [0, 0.1) is 5.82 Å². The molecule has 9 heteroatoms. The monoisotopic (exact) mass is 478 g/mol. The molecule has 1 unspecified atom stereocenters. The molecule has 3 N–H and O–H groups in total. The Balaban J connectivity index is 1.82. The van der Waals surface area contributed by atoms with E-state index in [0.717, 1.165) is 17.7 Å². The van der Waals surface area contributed by atoms with E-state index in [4.69, 9.17) is 22.1 Å². The molecule has 0 fully saturated rings. The normalized spacial score (nSPS) is 15.5. The second-order valence-electron chi connectivity index (χ2n) is 7.65. The highest BCUT2D eigenvalue weighted by Gasteiger charge is 2.37. The number of carbonyl (C=O) groups excluding carboxylic acids is 1. The van der Waals surface area contributed by atoms with Crippen LogP contribution in [0.4, 0.5) is 23.2 Å².